The van der Waals surface area contributed by atoms with Crippen molar-refractivity contribution in [2.45, 2.75) is 50.5 Å². The Hall–Kier alpha value is -0.860. The number of ether oxygens (including phenoxy) is 1. The normalized spacial score (nSPS) is 46.5. The van der Waals surface area contributed by atoms with E-state index >= 15 is 0 Å². The number of nitrogens with one attached hydrogen (secondary N) is 1. The van der Waals surface area contributed by atoms with Crippen molar-refractivity contribution in [2.75, 3.05) is 20.2 Å². The molecule has 2 atom stereocenters. The third-order valence-corrected chi connectivity index (χ3v) is 7.77. The molecule has 0 amide bonds. The molecule has 2 nitrogen and oxygen atoms in total. The Kier molecular flexibility index (Phi) is 3.58. The molecule has 0 spiro atoms. The Morgan fingerprint density at radius 3 is 2.17 bits per heavy atom. The van der Waals surface area contributed by atoms with Crippen molar-refractivity contribution in [3.63, 3.8) is 0 Å². The lowest BCUT2D eigenvalue weighted by molar-refractivity contribution is -0.190. The molecule has 4 bridgehead atoms. The molecule has 1 aromatic rings. The Morgan fingerprint density at radius 1 is 0.958 bits per heavy atom. The molecule has 1 aromatic carbocycles. The fraction of sp³-hybridized carbons (Fsp3) is 0.727. The van der Waals surface area contributed by atoms with Gasteiger partial charge in [0.25, 0.3) is 0 Å². The molecule has 5 fully saturated rings. The van der Waals surface area contributed by atoms with E-state index in [0.29, 0.717) is 11.3 Å². The van der Waals surface area contributed by atoms with Gasteiger partial charge in [0.05, 0.1) is 12.2 Å². The lowest BCUT2D eigenvalue weighted by Gasteiger charge is -2.62. The monoisotopic (exact) mass is 325 g/mol. The molecular weight excluding hydrogens is 294 g/mol. The minimum Gasteiger partial charge on any atom is -0.369 e. The zero-order valence-corrected chi connectivity index (χ0v) is 15.0. The second kappa shape index (κ2) is 5.57. The highest BCUT2D eigenvalue weighted by Crippen LogP contribution is 2.68. The molecule has 2 heteroatoms. The van der Waals surface area contributed by atoms with Gasteiger partial charge in [-0.3, -0.25) is 0 Å². The van der Waals surface area contributed by atoms with Crippen LogP contribution in [0.3, 0.4) is 0 Å². The number of benzene rings is 1. The van der Waals surface area contributed by atoms with Crippen molar-refractivity contribution in [3.8, 4) is 0 Å². The topological polar surface area (TPSA) is 21.3 Å². The fourth-order valence-corrected chi connectivity index (χ4v) is 7.39. The van der Waals surface area contributed by atoms with Crippen LogP contribution in [0.25, 0.3) is 0 Å². The first kappa shape index (κ1) is 15.4. The van der Waals surface area contributed by atoms with Crippen LogP contribution in [-0.4, -0.2) is 20.2 Å². The molecule has 6 rings (SSSR count). The maximum absolute atomic E-state index is 6.84. The Balaban J connectivity index is 1.57. The summed E-state index contributed by atoms with van der Waals surface area (Å²) in [4.78, 5) is 0. The minimum atomic E-state index is -0.0220. The van der Waals surface area contributed by atoms with Gasteiger partial charge in [-0.25, -0.2) is 0 Å². The van der Waals surface area contributed by atoms with Crippen molar-refractivity contribution < 1.29 is 4.74 Å². The van der Waals surface area contributed by atoms with Gasteiger partial charge < -0.3 is 10.1 Å². The molecule has 5 aliphatic rings. The van der Waals surface area contributed by atoms with E-state index in [1.54, 1.807) is 0 Å². The number of hydrogen-bond donors (Lipinski definition) is 1. The quantitative estimate of drug-likeness (QED) is 0.888. The minimum absolute atomic E-state index is 0.0220. The molecule has 1 heterocycles. The van der Waals surface area contributed by atoms with Crippen LogP contribution in [-0.2, 0) is 10.3 Å². The highest BCUT2D eigenvalue weighted by atomic mass is 16.5. The summed E-state index contributed by atoms with van der Waals surface area (Å²) >= 11 is 0. The van der Waals surface area contributed by atoms with Crippen LogP contribution in [0.1, 0.15) is 50.5 Å². The van der Waals surface area contributed by atoms with Gasteiger partial charge in [-0.2, -0.15) is 0 Å². The molecular formula is C22H31NO. The van der Waals surface area contributed by atoms with E-state index in [9.17, 15) is 0 Å². The Morgan fingerprint density at radius 2 is 1.58 bits per heavy atom. The first-order valence-corrected chi connectivity index (χ1v) is 10.1. The molecule has 2 unspecified atom stereocenters. The second-order valence-electron chi connectivity index (χ2n) is 9.33. The Labute approximate surface area is 146 Å². The summed E-state index contributed by atoms with van der Waals surface area (Å²) in [5, 5.41) is 3.39. The van der Waals surface area contributed by atoms with Crippen LogP contribution < -0.4 is 5.32 Å². The van der Waals surface area contributed by atoms with Crippen molar-refractivity contribution in [3.05, 3.63) is 35.9 Å². The van der Waals surface area contributed by atoms with Crippen LogP contribution >= 0.6 is 0 Å². The summed E-state index contributed by atoms with van der Waals surface area (Å²) in [6.07, 6.45) is 9.97. The summed E-state index contributed by atoms with van der Waals surface area (Å²) in [5.41, 5.74) is 1.85. The van der Waals surface area contributed by atoms with Crippen LogP contribution in [0.4, 0.5) is 0 Å². The lowest BCUT2D eigenvalue weighted by Crippen LogP contribution is -2.56. The summed E-state index contributed by atoms with van der Waals surface area (Å²) in [5.74, 6) is 3.58. The average Bonchev–Trinajstić information content (AvgIpc) is 3.01. The molecule has 0 aromatic heterocycles. The van der Waals surface area contributed by atoms with Gasteiger partial charge in [0, 0.05) is 5.41 Å². The van der Waals surface area contributed by atoms with Gasteiger partial charge >= 0.3 is 0 Å². The largest absolute Gasteiger partial charge is 0.369 e. The van der Waals surface area contributed by atoms with E-state index in [4.69, 9.17) is 4.74 Å². The Bertz CT molecular complexity index is 562. The summed E-state index contributed by atoms with van der Waals surface area (Å²) in [6, 6.07) is 11.3. The van der Waals surface area contributed by atoms with Gasteiger partial charge in [-0.05, 0) is 87.8 Å². The predicted molar refractivity (Wildman–Crippen MR) is 96.7 cm³/mol. The van der Waals surface area contributed by atoms with E-state index in [1.165, 1.54) is 50.5 Å². The van der Waals surface area contributed by atoms with Crippen molar-refractivity contribution in [2.24, 2.45) is 29.1 Å². The average molecular weight is 325 g/mol. The first-order valence-electron chi connectivity index (χ1n) is 10.1. The lowest BCUT2D eigenvalue weighted by atomic mass is 9.44. The molecule has 24 heavy (non-hydrogen) atoms. The standard InChI is InChI=1S/C22H31NO/c1-23-14-19-13-22(24-15-19,20-5-3-2-4-6-20)21-10-16-7-17(11-21)9-18(8-16)12-21/h2-6,16-19,23H,7-15H2,1H3. The van der Waals surface area contributed by atoms with Gasteiger partial charge in [0.1, 0.15) is 0 Å². The highest BCUT2D eigenvalue weighted by Gasteiger charge is 2.63. The molecule has 4 saturated carbocycles. The van der Waals surface area contributed by atoms with E-state index in [-0.39, 0.29) is 5.60 Å². The van der Waals surface area contributed by atoms with Crippen LogP contribution in [0.2, 0.25) is 0 Å². The van der Waals surface area contributed by atoms with E-state index in [0.717, 1.165) is 30.9 Å². The van der Waals surface area contributed by atoms with E-state index < -0.39 is 0 Å². The third-order valence-electron chi connectivity index (χ3n) is 7.77. The zero-order valence-electron chi connectivity index (χ0n) is 15.0. The van der Waals surface area contributed by atoms with Crippen LogP contribution in [0, 0.1) is 29.1 Å². The summed E-state index contributed by atoms with van der Waals surface area (Å²) in [7, 11) is 2.08. The molecule has 1 saturated heterocycles. The maximum Gasteiger partial charge on any atom is 0.0991 e. The SMILES string of the molecule is CNCC1COC(c2ccccc2)(C23CC4CC(CC(C4)C2)C3)C1. The second-order valence-corrected chi connectivity index (χ2v) is 9.33. The molecule has 0 radical (unpaired) electrons. The number of hydrogen-bond acceptors (Lipinski definition) is 2. The number of rotatable bonds is 4. The molecule has 130 valence electrons. The molecule has 1 N–H and O–H groups in total. The summed E-state index contributed by atoms with van der Waals surface area (Å²) in [6.45, 7) is 2.01. The van der Waals surface area contributed by atoms with Gasteiger partial charge in [0.15, 0.2) is 0 Å². The van der Waals surface area contributed by atoms with Crippen molar-refractivity contribution in [1.29, 1.82) is 0 Å². The van der Waals surface area contributed by atoms with Crippen LogP contribution in [0.15, 0.2) is 30.3 Å². The predicted octanol–water partition coefficient (Wildman–Crippen LogP) is 4.35. The fourth-order valence-electron chi connectivity index (χ4n) is 7.39. The van der Waals surface area contributed by atoms with Crippen LogP contribution in [0.5, 0.6) is 0 Å². The van der Waals surface area contributed by atoms with Gasteiger partial charge in [0.2, 0.25) is 0 Å². The van der Waals surface area contributed by atoms with Crippen molar-refractivity contribution in [1.82, 2.24) is 5.32 Å². The maximum atomic E-state index is 6.84. The third kappa shape index (κ3) is 2.15. The summed E-state index contributed by atoms with van der Waals surface area (Å²) < 4.78 is 6.84. The van der Waals surface area contributed by atoms with Crippen molar-refractivity contribution >= 4 is 0 Å². The van der Waals surface area contributed by atoms with E-state index in [1.807, 2.05) is 0 Å². The molecule has 4 aliphatic carbocycles. The molecule has 1 aliphatic heterocycles. The van der Waals surface area contributed by atoms with E-state index in [2.05, 4.69) is 42.7 Å². The smallest absolute Gasteiger partial charge is 0.0991 e. The van der Waals surface area contributed by atoms with Gasteiger partial charge in [-0.1, -0.05) is 30.3 Å². The zero-order chi connectivity index (χ0) is 16.2. The highest BCUT2D eigenvalue weighted by molar-refractivity contribution is 5.29. The first-order chi connectivity index (χ1) is 11.7. The van der Waals surface area contributed by atoms with Gasteiger partial charge in [-0.15, -0.1) is 0 Å².